The number of para-hydroxylation sites is 1. The fourth-order valence-corrected chi connectivity index (χ4v) is 4.19. The molecule has 5 rings (SSSR count). The van der Waals surface area contributed by atoms with Crippen molar-refractivity contribution in [3.05, 3.63) is 76.7 Å². The van der Waals surface area contributed by atoms with Crippen LogP contribution in [0.1, 0.15) is 16.8 Å². The molecule has 3 heterocycles. The fourth-order valence-electron chi connectivity index (χ4n) is 4.02. The van der Waals surface area contributed by atoms with Crippen LogP contribution in [-0.2, 0) is 13.2 Å². The number of ether oxygens (including phenoxy) is 1. The number of halogens is 1. The summed E-state index contributed by atoms with van der Waals surface area (Å²) in [4.78, 5) is 19.6. The Bertz CT molecular complexity index is 1580. The van der Waals surface area contributed by atoms with E-state index in [1.54, 1.807) is 15.8 Å². The Morgan fingerprint density at radius 3 is 2.64 bits per heavy atom. The lowest BCUT2D eigenvalue weighted by atomic mass is 10.1. The van der Waals surface area contributed by atoms with Crippen molar-refractivity contribution in [2.75, 3.05) is 36.2 Å². The van der Waals surface area contributed by atoms with Crippen molar-refractivity contribution < 1.29 is 4.74 Å². The van der Waals surface area contributed by atoms with E-state index in [1.807, 2.05) is 76.6 Å². The van der Waals surface area contributed by atoms with E-state index >= 15 is 0 Å². The number of hydrogen-bond acceptors (Lipinski definition) is 10. The van der Waals surface area contributed by atoms with Crippen LogP contribution in [-0.4, -0.2) is 55.6 Å². The highest BCUT2D eigenvalue weighted by Crippen LogP contribution is 2.25. The molecule has 2 aromatic carbocycles. The fraction of sp³-hybridized carbons (Fsp3) is 0.259. The van der Waals surface area contributed by atoms with Gasteiger partial charge in [-0.3, -0.25) is 9.67 Å². The molecule has 0 aliphatic carbocycles. The summed E-state index contributed by atoms with van der Waals surface area (Å²) in [5, 5.41) is 16.9. The molecule has 0 radical (unpaired) electrons. The number of fused-ring (bicyclic) bond motifs is 1. The Morgan fingerprint density at radius 1 is 1.03 bits per heavy atom. The van der Waals surface area contributed by atoms with Gasteiger partial charge >= 0.3 is 6.01 Å². The highest BCUT2D eigenvalue weighted by atomic mass is 35.5. The molecule has 0 fully saturated rings. The van der Waals surface area contributed by atoms with Crippen molar-refractivity contribution in [3.63, 3.8) is 0 Å². The van der Waals surface area contributed by atoms with Gasteiger partial charge in [0.05, 0.1) is 18.3 Å². The number of pyridine rings is 1. The van der Waals surface area contributed by atoms with Gasteiger partial charge in [-0.15, -0.1) is 5.10 Å². The van der Waals surface area contributed by atoms with Crippen LogP contribution in [0.2, 0.25) is 5.02 Å². The molecule has 11 nitrogen and oxygen atoms in total. The molecule has 200 valence electrons. The summed E-state index contributed by atoms with van der Waals surface area (Å²) in [5.74, 6) is 0.885. The minimum absolute atomic E-state index is 0.170. The molecular weight excluding hydrogens is 516 g/mol. The van der Waals surface area contributed by atoms with E-state index in [-0.39, 0.29) is 12.6 Å². The third-order valence-corrected chi connectivity index (χ3v) is 6.25. The minimum atomic E-state index is 0.170. The largest absolute Gasteiger partial charge is 0.457 e. The number of aryl methyl sites for hydroxylation is 2. The lowest BCUT2D eigenvalue weighted by molar-refractivity contribution is 0.276. The molecule has 12 heteroatoms. The summed E-state index contributed by atoms with van der Waals surface area (Å²) < 4.78 is 7.65. The van der Waals surface area contributed by atoms with Gasteiger partial charge in [0.1, 0.15) is 12.3 Å². The molecule has 0 unspecified atom stereocenters. The molecular formula is C27H29ClN10O. The quantitative estimate of drug-likeness (QED) is 0.254. The van der Waals surface area contributed by atoms with Crippen LogP contribution in [0.15, 0.2) is 54.9 Å². The number of benzene rings is 2. The van der Waals surface area contributed by atoms with Gasteiger partial charge in [0.15, 0.2) is 0 Å². The van der Waals surface area contributed by atoms with Gasteiger partial charge in [-0.2, -0.15) is 15.0 Å². The number of hydrogen-bond donors (Lipinski definition) is 2. The van der Waals surface area contributed by atoms with Gasteiger partial charge in [-0.1, -0.05) is 35.0 Å². The second kappa shape index (κ2) is 11.5. The SMILES string of the molecule is Cc1cccc(C)c1Nc1nc(OCc2cn(CCNc3ccnc4cc(Cl)ccc34)nn2)nc(N(C)C)n1. The van der Waals surface area contributed by atoms with Gasteiger partial charge < -0.3 is 20.3 Å². The second-order valence-electron chi connectivity index (χ2n) is 9.24. The van der Waals surface area contributed by atoms with E-state index in [2.05, 4.69) is 40.9 Å². The van der Waals surface area contributed by atoms with Crippen LogP contribution in [0, 0.1) is 13.8 Å². The van der Waals surface area contributed by atoms with Crippen molar-refractivity contribution in [3.8, 4) is 6.01 Å². The predicted molar refractivity (Wildman–Crippen MR) is 153 cm³/mol. The first kappa shape index (κ1) is 26.1. The van der Waals surface area contributed by atoms with E-state index in [0.717, 1.165) is 33.4 Å². The van der Waals surface area contributed by atoms with Crippen molar-refractivity contribution >= 4 is 45.8 Å². The average molecular weight is 545 g/mol. The first-order valence-corrected chi connectivity index (χ1v) is 12.8. The number of anilines is 4. The maximum Gasteiger partial charge on any atom is 0.323 e. The average Bonchev–Trinajstić information content (AvgIpc) is 3.37. The molecule has 2 N–H and O–H groups in total. The first-order valence-electron chi connectivity index (χ1n) is 12.4. The van der Waals surface area contributed by atoms with Gasteiger partial charge in [0, 0.05) is 48.6 Å². The van der Waals surface area contributed by atoms with Crippen LogP contribution in [0.5, 0.6) is 6.01 Å². The van der Waals surface area contributed by atoms with Crippen LogP contribution < -0.4 is 20.3 Å². The maximum absolute atomic E-state index is 6.09. The van der Waals surface area contributed by atoms with Gasteiger partial charge in [0.2, 0.25) is 11.9 Å². The molecule has 0 aliphatic heterocycles. The Morgan fingerprint density at radius 2 is 1.85 bits per heavy atom. The van der Waals surface area contributed by atoms with Crippen molar-refractivity contribution in [2.45, 2.75) is 27.0 Å². The molecule has 0 saturated carbocycles. The lowest BCUT2D eigenvalue weighted by Gasteiger charge is -2.15. The normalized spacial score (nSPS) is 11.0. The molecule has 0 spiro atoms. The monoisotopic (exact) mass is 544 g/mol. The summed E-state index contributed by atoms with van der Waals surface area (Å²) in [5.41, 5.74) is 5.64. The Hall–Kier alpha value is -4.51. The Balaban J connectivity index is 1.21. The van der Waals surface area contributed by atoms with Crippen molar-refractivity contribution in [1.82, 2.24) is 34.9 Å². The van der Waals surface area contributed by atoms with E-state index in [9.17, 15) is 0 Å². The van der Waals surface area contributed by atoms with E-state index < -0.39 is 0 Å². The molecule has 0 saturated heterocycles. The van der Waals surface area contributed by atoms with Gasteiger partial charge in [0.25, 0.3) is 0 Å². The number of nitrogens with one attached hydrogen (secondary N) is 2. The van der Waals surface area contributed by atoms with Gasteiger partial charge in [-0.05, 0) is 49.2 Å². The van der Waals surface area contributed by atoms with Crippen LogP contribution in [0.3, 0.4) is 0 Å². The minimum Gasteiger partial charge on any atom is -0.457 e. The third-order valence-electron chi connectivity index (χ3n) is 6.02. The first-order chi connectivity index (χ1) is 18.9. The van der Waals surface area contributed by atoms with Crippen LogP contribution in [0.4, 0.5) is 23.3 Å². The standard InChI is InChI=1S/C27H29ClN10O/c1-17-6-5-7-18(2)24(17)31-25-32-26(37(3)4)34-27(33-25)39-16-20-15-38(36-35-20)13-12-30-22-10-11-29-23-14-19(28)8-9-21(22)23/h5-11,14-15H,12-13,16H2,1-4H3,(H,29,30)(H,31,32,33,34). The summed E-state index contributed by atoms with van der Waals surface area (Å²) in [6.45, 7) is 5.51. The molecule has 0 bridgehead atoms. The lowest BCUT2D eigenvalue weighted by Crippen LogP contribution is -2.15. The summed E-state index contributed by atoms with van der Waals surface area (Å²) >= 11 is 6.09. The molecule has 3 aromatic heterocycles. The topological polar surface area (TPSA) is 119 Å². The van der Waals surface area contributed by atoms with Crippen LogP contribution >= 0.6 is 11.6 Å². The zero-order valence-corrected chi connectivity index (χ0v) is 22.9. The van der Waals surface area contributed by atoms with E-state index in [4.69, 9.17) is 16.3 Å². The zero-order chi connectivity index (χ0) is 27.4. The smallest absolute Gasteiger partial charge is 0.323 e. The van der Waals surface area contributed by atoms with E-state index in [1.165, 1.54) is 0 Å². The highest BCUT2D eigenvalue weighted by Gasteiger charge is 2.13. The van der Waals surface area contributed by atoms with Crippen molar-refractivity contribution in [2.24, 2.45) is 0 Å². The molecule has 0 aliphatic rings. The summed E-state index contributed by atoms with van der Waals surface area (Å²) in [6, 6.07) is 13.9. The van der Waals surface area contributed by atoms with E-state index in [0.29, 0.717) is 35.7 Å². The summed E-state index contributed by atoms with van der Waals surface area (Å²) in [7, 11) is 3.73. The Labute approximate surface area is 231 Å². The van der Waals surface area contributed by atoms with Crippen molar-refractivity contribution in [1.29, 1.82) is 0 Å². The Kier molecular flexibility index (Phi) is 7.69. The zero-order valence-electron chi connectivity index (χ0n) is 22.2. The predicted octanol–water partition coefficient (Wildman–Crippen LogP) is 4.78. The maximum atomic E-state index is 6.09. The number of rotatable bonds is 10. The van der Waals surface area contributed by atoms with Crippen LogP contribution in [0.25, 0.3) is 10.9 Å². The number of aromatic nitrogens is 7. The molecule has 39 heavy (non-hydrogen) atoms. The second-order valence-corrected chi connectivity index (χ2v) is 9.67. The number of nitrogens with zero attached hydrogens (tertiary/aromatic N) is 8. The summed E-state index contributed by atoms with van der Waals surface area (Å²) in [6.07, 6.45) is 3.61. The molecule has 0 atom stereocenters. The highest BCUT2D eigenvalue weighted by molar-refractivity contribution is 6.31. The molecule has 5 aromatic rings. The molecule has 0 amide bonds. The van der Waals surface area contributed by atoms with Gasteiger partial charge in [-0.25, -0.2) is 0 Å². The third kappa shape index (κ3) is 6.32.